The van der Waals surface area contributed by atoms with Crippen molar-refractivity contribution in [1.82, 2.24) is 4.98 Å². The molecule has 2 heterocycles. The first kappa shape index (κ1) is 36.1. The summed E-state index contributed by atoms with van der Waals surface area (Å²) >= 11 is 0. The van der Waals surface area contributed by atoms with Crippen molar-refractivity contribution in [2.45, 2.75) is 95.9 Å². The normalized spacial score (nSPS) is 12.4. The van der Waals surface area contributed by atoms with E-state index in [-0.39, 0.29) is 0 Å². The first-order valence-electron chi connectivity index (χ1n) is 14.2. The number of hydrogen-bond donors (Lipinski definition) is 0. The van der Waals surface area contributed by atoms with Crippen molar-refractivity contribution in [2.75, 3.05) is 6.61 Å². The number of hydrogen-bond acceptors (Lipinski definition) is 2. The SMILES string of the molecule is C1=Cc2ccccc2C1.CC(C)(C)C.CC(C)(C)C.CC(C)(C)C.c1ccc2c(c1)CCO2.c1ccncc1. The third kappa shape index (κ3) is 28.0. The van der Waals surface area contributed by atoms with E-state index in [1.165, 1.54) is 16.7 Å². The minimum atomic E-state index is 0.500. The van der Waals surface area contributed by atoms with E-state index in [9.17, 15) is 0 Å². The van der Waals surface area contributed by atoms with Gasteiger partial charge in [-0.05, 0) is 57.6 Å². The number of rotatable bonds is 0. The molecule has 1 aliphatic carbocycles. The van der Waals surface area contributed by atoms with Crippen LogP contribution in [0.2, 0.25) is 0 Å². The Morgan fingerprint density at radius 1 is 0.564 bits per heavy atom. The first-order valence-corrected chi connectivity index (χ1v) is 14.2. The van der Waals surface area contributed by atoms with Crippen molar-refractivity contribution in [1.29, 1.82) is 0 Å². The molecule has 0 saturated carbocycles. The third-order valence-electron chi connectivity index (χ3n) is 3.86. The number of aromatic nitrogens is 1. The molecule has 39 heavy (non-hydrogen) atoms. The van der Waals surface area contributed by atoms with Gasteiger partial charge in [0, 0.05) is 18.8 Å². The number of fused-ring (bicyclic) bond motifs is 2. The van der Waals surface area contributed by atoms with Gasteiger partial charge in [-0.1, -0.05) is 144 Å². The maximum Gasteiger partial charge on any atom is 0.122 e. The van der Waals surface area contributed by atoms with Crippen molar-refractivity contribution in [3.8, 4) is 5.75 Å². The summed E-state index contributed by atoms with van der Waals surface area (Å²) in [6.45, 7) is 27.1. The summed E-state index contributed by atoms with van der Waals surface area (Å²) in [5.41, 5.74) is 5.69. The van der Waals surface area contributed by atoms with Gasteiger partial charge in [-0.3, -0.25) is 4.98 Å². The molecule has 0 fully saturated rings. The van der Waals surface area contributed by atoms with Crippen LogP contribution in [0.4, 0.5) is 0 Å². The van der Waals surface area contributed by atoms with E-state index >= 15 is 0 Å². The van der Waals surface area contributed by atoms with Crippen LogP contribution in [-0.4, -0.2) is 11.6 Å². The van der Waals surface area contributed by atoms with E-state index in [0.717, 1.165) is 25.2 Å². The molecule has 2 heteroatoms. The quantitative estimate of drug-likeness (QED) is 0.288. The lowest BCUT2D eigenvalue weighted by Crippen LogP contribution is -1.93. The number of benzene rings is 2. The number of pyridine rings is 1. The average Bonchev–Trinajstić information content (AvgIpc) is 3.47. The van der Waals surface area contributed by atoms with E-state index < -0.39 is 0 Å². The highest BCUT2D eigenvalue weighted by Gasteiger charge is 2.08. The second-order valence-corrected chi connectivity index (χ2v) is 14.5. The molecule has 0 atom stereocenters. The van der Waals surface area contributed by atoms with Crippen LogP contribution >= 0.6 is 0 Å². The standard InChI is InChI=1S/C9H8.C8H8O.C5H5N.3C5H12/c1-2-5-9-7-3-6-8(9)4-1;1-2-4-8-7(3-1)5-6-9-8;1-2-4-6-5-3-1;3*1-5(2,3)4/h1-6H,7H2;1-4H,5-6H2;1-5H;3*1-4H3. The topological polar surface area (TPSA) is 22.1 Å². The Labute approximate surface area is 242 Å². The molecular weight excluding hydrogens is 474 g/mol. The Hall–Kier alpha value is -2.87. The molecular formula is C37H57NO. The Balaban J connectivity index is 0.000000457. The van der Waals surface area contributed by atoms with Gasteiger partial charge in [0.15, 0.2) is 0 Å². The van der Waals surface area contributed by atoms with Crippen LogP contribution in [0.1, 0.15) is 99.8 Å². The molecule has 0 bridgehead atoms. The fraction of sp³-hybridized carbons (Fsp3) is 0.486. The molecule has 2 aliphatic rings. The van der Waals surface area contributed by atoms with Crippen LogP contribution in [0.5, 0.6) is 5.75 Å². The summed E-state index contributed by atoms with van der Waals surface area (Å²) in [5.74, 6) is 1.07. The lowest BCUT2D eigenvalue weighted by Gasteiger charge is -2.05. The second-order valence-electron chi connectivity index (χ2n) is 14.5. The van der Waals surface area contributed by atoms with E-state index in [0.29, 0.717) is 16.2 Å². The number of para-hydroxylation sites is 1. The Morgan fingerprint density at radius 3 is 1.44 bits per heavy atom. The highest BCUT2D eigenvalue weighted by molar-refractivity contribution is 5.59. The summed E-state index contributed by atoms with van der Waals surface area (Å²) in [5, 5.41) is 0. The lowest BCUT2D eigenvalue weighted by molar-refractivity contribution is 0.357. The maximum atomic E-state index is 5.30. The van der Waals surface area contributed by atoms with Crippen molar-refractivity contribution in [2.24, 2.45) is 16.2 Å². The minimum Gasteiger partial charge on any atom is -0.493 e. The zero-order chi connectivity index (χ0) is 30.0. The molecule has 0 N–H and O–H groups in total. The molecule has 3 aromatic rings. The van der Waals surface area contributed by atoms with Crippen LogP contribution in [0.3, 0.4) is 0 Å². The molecule has 216 valence electrons. The van der Waals surface area contributed by atoms with E-state index in [2.05, 4.69) is 131 Å². The van der Waals surface area contributed by atoms with E-state index in [1.54, 1.807) is 12.4 Å². The van der Waals surface area contributed by atoms with Gasteiger partial charge in [-0.15, -0.1) is 0 Å². The summed E-state index contributed by atoms with van der Waals surface area (Å²) < 4.78 is 5.30. The maximum absolute atomic E-state index is 5.30. The van der Waals surface area contributed by atoms with Crippen LogP contribution in [0, 0.1) is 16.2 Å². The van der Waals surface area contributed by atoms with Gasteiger partial charge in [-0.2, -0.15) is 0 Å². The van der Waals surface area contributed by atoms with Gasteiger partial charge in [0.05, 0.1) is 6.61 Å². The Bertz CT molecular complexity index is 927. The van der Waals surface area contributed by atoms with Crippen LogP contribution < -0.4 is 4.74 Å². The first-order chi connectivity index (χ1) is 17.9. The van der Waals surface area contributed by atoms with Crippen molar-refractivity contribution < 1.29 is 4.74 Å². The molecule has 1 aromatic heterocycles. The second kappa shape index (κ2) is 18.4. The van der Waals surface area contributed by atoms with Gasteiger partial charge >= 0.3 is 0 Å². The fourth-order valence-electron chi connectivity index (χ4n) is 2.63. The lowest BCUT2D eigenvalue weighted by atomic mass is 10.0. The summed E-state index contributed by atoms with van der Waals surface area (Å²) in [7, 11) is 0. The van der Waals surface area contributed by atoms with Gasteiger partial charge in [0.2, 0.25) is 0 Å². The van der Waals surface area contributed by atoms with Crippen molar-refractivity contribution >= 4 is 6.08 Å². The largest absolute Gasteiger partial charge is 0.493 e. The molecule has 0 amide bonds. The average molecular weight is 532 g/mol. The smallest absolute Gasteiger partial charge is 0.122 e. The predicted molar refractivity (Wildman–Crippen MR) is 174 cm³/mol. The van der Waals surface area contributed by atoms with Crippen molar-refractivity contribution in [3.05, 3.63) is 102 Å². The Kier molecular flexibility index (Phi) is 17.1. The van der Waals surface area contributed by atoms with Gasteiger partial charge in [0.1, 0.15) is 5.75 Å². The van der Waals surface area contributed by atoms with Crippen LogP contribution in [-0.2, 0) is 12.8 Å². The molecule has 0 saturated heterocycles. The molecule has 2 aromatic carbocycles. The zero-order valence-electron chi connectivity index (χ0n) is 27.1. The zero-order valence-corrected chi connectivity index (χ0v) is 27.1. The van der Waals surface area contributed by atoms with E-state index in [4.69, 9.17) is 4.74 Å². The molecule has 0 radical (unpaired) electrons. The summed E-state index contributed by atoms with van der Waals surface area (Å²) in [6.07, 6.45) is 10.1. The predicted octanol–water partition coefficient (Wildman–Crippen LogP) is 11.1. The summed E-state index contributed by atoms with van der Waals surface area (Å²) in [6, 6.07) is 22.4. The Morgan fingerprint density at radius 2 is 1.03 bits per heavy atom. The molecule has 0 unspecified atom stereocenters. The fourth-order valence-corrected chi connectivity index (χ4v) is 2.63. The summed E-state index contributed by atoms with van der Waals surface area (Å²) in [4.78, 5) is 3.78. The van der Waals surface area contributed by atoms with Crippen LogP contribution in [0.25, 0.3) is 6.08 Å². The number of ether oxygens (including phenoxy) is 1. The van der Waals surface area contributed by atoms with Crippen molar-refractivity contribution in [3.63, 3.8) is 0 Å². The molecule has 2 nitrogen and oxygen atoms in total. The monoisotopic (exact) mass is 531 g/mol. The molecule has 1 aliphatic heterocycles. The van der Waals surface area contributed by atoms with Gasteiger partial charge in [0.25, 0.3) is 0 Å². The minimum absolute atomic E-state index is 0.500. The van der Waals surface area contributed by atoms with Gasteiger partial charge < -0.3 is 4.74 Å². The number of allylic oxidation sites excluding steroid dienone is 1. The molecule has 5 rings (SSSR count). The number of nitrogens with zero attached hydrogens (tertiary/aromatic N) is 1. The molecule has 0 spiro atoms. The van der Waals surface area contributed by atoms with Gasteiger partial charge in [-0.25, -0.2) is 0 Å². The van der Waals surface area contributed by atoms with Crippen LogP contribution in [0.15, 0.2) is 85.2 Å². The van der Waals surface area contributed by atoms with E-state index in [1.807, 2.05) is 36.4 Å². The third-order valence-corrected chi connectivity index (χ3v) is 3.86. The highest BCUT2D eigenvalue weighted by atomic mass is 16.5. The highest BCUT2D eigenvalue weighted by Crippen LogP contribution is 2.23.